The van der Waals surface area contributed by atoms with Gasteiger partial charge in [0.05, 0.1) is 27.6 Å². The first-order chi connectivity index (χ1) is 14.5. The lowest BCUT2D eigenvalue weighted by molar-refractivity contribution is -0.131. The molecule has 1 aromatic heterocycles. The first-order valence-electron chi connectivity index (χ1n) is 9.74. The van der Waals surface area contributed by atoms with E-state index < -0.39 is 6.04 Å². The van der Waals surface area contributed by atoms with Gasteiger partial charge in [-0.2, -0.15) is 0 Å². The summed E-state index contributed by atoms with van der Waals surface area (Å²) in [6.45, 7) is 0. The summed E-state index contributed by atoms with van der Waals surface area (Å²) in [5.74, 6) is -0.283. The van der Waals surface area contributed by atoms with Crippen molar-refractivity contribution in [3.05, 3.63) is 69.5 Å². The Morgan fingerprint density at radius 2 is 1.90 bits per heavy atom. The standard InChI is InChI=1S/C22H17Cl3N2O3/c23-12-5-7-16-13(10-12)20(28)18-19(11-4-6-14(24)15(25)9-11)27(22(29)21(18)30-16)17-3-1-2-8-26-17/h1-4,6,8-9,12-13,16,19H,5,7,10H2. The molecule has 5 rings (SSSR count). The Kier molecular flexibility index (Phi) is 5.00. The normalized spacial score (nSPS) is 28.3. The van der Waals surface area contributed by atoms with Gasteiger partial charge in [-0.15, -0.1) is 11.6 Å². The van der Waals surface area contributed by atoms with Crippen LogP contribution in [0, 0.1) is 5.92 Å². The predicted octanol–water partition coefficient (Wildman–Crippen LogP) is 5.11. The number of halogens is 3. The number of anilines is 1. The number of fused-ring (bicyclic) bond motifs is 1. The van der Waals surface area contributed by atoms with Gasteiger partial charge in [0, 0.05) is 11.6 Å². The maximum atomic E-state index is 13.6. The molecule has 2 aromatic rings. The van der Waals surface area contributed by atoms with E-state index in [1.165, 1.54) is 4.90 Å². The second-order valence-corrected chi connectivity index (χ2v) is 9.15. The number of pyridine rings is 1. The van der Waals surface area contributed by atoms with Crippen LogP contribution in [0.15, 0.2) is 53.9 Å². The molecule has 8 heteroatoms. The van der Waals surface area contributed by atoms with Crippen LogP contribution in [0.1, 0.15) is 30.9 Å². The number of rotatable bonds is 2. The molecule has 0 spiro atoms. The maximum absolute atomic E-state index is 13.6. The van der Waals surface area contributed by atoms with E-state index in [0.29, 0.717) is 39.8 Å². The van der Waals surface area contributed by atoms with Crippen molar-refractivity contribution in [1.29, 1.82) is 0 Å². The number of amides is 1. The minimum atomic E-state index is -0.693. The molecule has 1 amide bonds. The van der Waals surface area contributed by atoms with Crippen molar-refractivity contribution < 1.29 is 14.3 Å². The summed E-state index contributed by atoms with van der Waals surface area (Å²) in [4.78, 5) is 32.9. The molecule has 3 heterocycles. The van der Waals surface area contributed by atoms with Gasteiger partial charge in [0.1, 0.15) is 11.9 Å². The fourth-order valence-corrected chi connectivity index (χ4v) is 5.17. The predicted molar refractivity (Wildman–Crippen MR) is 115 cm³/mol. The Balaban J connectivity index is 1.66. The van der Waals surface area contributed by atoms with E-state index in [0.717, 1.165) is 6.42 Å². The zero-order chi connectivity index (χ0) is 21.0. The lowest BCUT2D eigenvalue weighted by atomic mass is 9.77. The molecule has 1 fully saturated rings. The van der Waals surface area contributed by atoms with Gasteiger partial charge in [0.15, 0.2) is 11.5 Å². The van der Waals surface area contributed by atoms with Crippen molar-refractivity contribution in [2.24, 2.45) is 5.92 Å². The lowest BCUT2D eigenvalue weighted by Crippen LogP contribution is -2.41. The second kappa shape index (κ2) is 7.56. The number of hydrogen-bond acceptors (Lipinski definition) is 4. The first kappa shape index (κ1) is 19.9. The van der Waals surface area contributed by atoms with Gasteiger partial charge in [-0.05, 0) is 49.1 Å². The molecule has 4 atom stereocenters. The van der Waals surface area contributed by atoms with Gasteiger partial charge in [-0.25, -0.2) is 4.98 Å². The average Bonchev–Trinajstić information content (AvgIpc) is 3.04. The smallest absolute Gasteiger partial charge is 0.295 e. The average molecular weight is 464 g/mol. The van der Waals surface area contributed by atoms with Crippen LogP contribution in [-0.2, 0) is 14.3 Å². The Bertz CT molecular complexity index is 1070. The van der Waals surface area contributed by atoms with Crippen molar-refractivity contribution in [3.8, 4) is 0 Å². The molecule has 2 aliphatic heterocycles. The molecule has 1 aliphatic carbocycles. The van der Waals surface area contributed by atoms with Crippen molar-refractivity contribution >= 4 is 52.3 Å². The maximum Gasteiger partial charge on any atom is 0.295 e. The highest BCUT2D eigenvalue weighted by Crippen LogP contribution is 2.48. The van der Waals surface area contributed by atoms with E-state index in [9.17, 15) is 9.59 Å². The third kappa shape index (κ3) is 3.11. The number of ketones is 1. The summed E-state index contributed by atoms with van der Waals surface area (Å²) >= 11 is 18.7. The van der Waals surface area contributed by atoms with E-state index in [-0.39, 0.29) is 34.8 Å². The van der Waals surface area contributed by atoms with Crippen LogP contribution in [0.5, 0.6) is 0 Å². The highest BCUT2D eigenvalue weighted by atomic mass is 35.5. The van der Waals surface area contributed by atoms with Crippen LogP contribution >= 0.6 is 34.8 Å². The van der Waals surface area contributed by atoms with Crippen LogP contribution < -0.4 is 4.90 Å². The molecule has 0 bridgehead atoms. The highest BCUT2D eigenvalue weighted by Gasteiger charge is 2.53. The minimum absolute atomic E-state index is 0.0756. The largest absolute Gasteiger partial charge is 0.483 e. The fraction of sp³-hybridized carbons (Fsp3) is 0.318. The van der Waals surface area contributed by atoms with E-state index in [1.807, 2.05) is 0 Å². The zero-order valence-corrected chi connectivity index (χ0v) is 18.0. The molecule has 5 nitrogen and oxygen atoms in total. The summed E-state index contributed by atoms with van der Waals surface area (Å²) in [6, 6.07) is 9.70. The Hall–Kier alpha value is -2.08. The fourth-order valence-electron chi connectivity index (χ4n) is 4.55. The minimum Gasteiger partial charge on any atom is -0.483 e. The molecular formula is C22H17Cl3N2O3. The molecule has 1 aromatic carbocycles. The molecule has 1 saturated carbocycles. The van der Waals surface area contributed by atoms with Gasteiger partial charge >= 0.3 is 0 Å². The first-order valence-corrected chi connectivity index (χ1v) is 10.9. The number of hydrogen-bond donors (Lipinski definition) is 0. The van der Waals surface area contributed by atoms with Crippen LogP contribution in [-0.4, -0.2) is 28.2 Å². The van der Waals surface area contributed by atoms with Crippen molar-refractivity contribution in [2.75, 3.05) is 4.90 Å². The molecule has 0 radical (unpaired) electrons. The third-order valence-electron chi connectivity index (χ3n) is 5.94. The Labute approximate surface area is 188 Å². The van der Waals surface area contributed by atoms with Crippen molar-refractivity contribution in [1.82, 2.24) is 4.98 Å². The van der Waals surface area contributed by atoms with Crippen LogP contribution in [0.3, 0.4) is 0 Å². The summed E-state index contributed by atoms with van der Waals surface area (Å²) in [6.07, 6.45) is 3.22. The molecule has 0 saturated heterocycles. The summed E-state index contributed by atoms with van der Waals surface area (Å²) in [5.41, 5.74) is 1.01. The van der Waals surface area contributed by atoms with Gasteiger partial charge in [0.25, 0.3) is 5.91 Å². The van der Waals surface area contributed by atoms with Gasteiger partial charge < -0.3 is 4.74 Å². The number of carbonyl (C=O) groups is 2. The zero-order valence-electron chi connectivity index (χ0n) is 15.7. The molecule has 0 N–H and O–H groups in total. The summed E-state index contributed by atoms with van der Waals surface area (Å²) in [7, 11) is 0. The summed E-state index contributed by atoms with van der Waals surface area (Å²) < 4.78 is 6.12. The molecule has 30 heavy (non-hydrogen) atoms. The Morgan fingerprint density at radius 3 is 2.63 bits per heavy atom. The number of benzene rings is 1. The second-order valence-electron chi connectivity index (χ2n) is 7.72. The van der Waals surface area contributed by atoms with Crippen LogP contribution in [0.4, 0.5) is 5.82 Å². The molecular weight excluding hydrogens is 447 g/mol. The van der Waals surface area contributed by atoms with Gasteiger partial charge in [0.2, 0.25) is 0 Å². The van der Waals surface area contributed by atoms with Crippen LogP contribution in [0.25, 0.3) is 0 Å². The monoisotopic (exact) mass is 462 g/mol. The molecule has 4 unspecified atom stereocenters. The van der Waals surface area contributed by atoms with Crippen molar-refractivity contribution in [2.45, 2.75) is 36.8 Å². The number of Topliss-reactive ketones (excluding diaryl/α,β-unsaturated/α-hetero) is 1. The number of alkyl halides is 1. The topological polar surface area (TPSA) is 59.5 Å². The van der Waals surface area contributed by atoms with E-state index in [2.05, 4.69) is 4.98 Å². The lowest BCUT2D eigenvalue weighted by Gasteiger charge is -2.37. The van der Waals surface area contributed by atoms with E-state index in [1.54, 1.807) is 42.6 Å². The van der Waals surface area contributed by atoms with Crippen molar-refractivity contribution in [3.63, 3.8) is 0 Å². The highest BCUT2D eigenvalue weighted by molar-refractivity contribution is 6.42. The summed E-state index contributed by atoms with van der Waals surface area (Å²) in [5, 5.41) is 0.664. The molecule has 154 valence electrons. The Morgan fingerprint density at radius 1 is 1.07 bits per heavy atom. The van der Waals surface area contributed by atoms with Crippen LogP contribution in [0.2, 0.25) is 10.0 Å². The number of nitrogens with zero attached hydrogens (tertiary/aromatic N) is 2. The number of aromatic nitrogens is 1. The van der Waals surface area contributed by atoms with E-state index >= 15 is 0 Å². The third-order valence-corrected chi connectivity index (χ3v) is 7.07. The SMILES string of the molecule is O=C1C2=C(OC3CCC(Cl)CC13)C(=O)N(c1ccccn1)C2c1ccc(Cl)c(Cl)c1. The number of ether oxygens (including phenoxy) is 1. The van der Waals surface area contributed by atoms with Gasteiger partial charge in [-0.1, -0.05) is 35.3 Å². The van der Waals surface area contributed by atoms with E-state index in [4.69, 9.17) is 39.5 Å². The van der Waals surface area contributed by atoms with Gasteiger partial charge in [-0.3, -0.25) is 14.5 Å². The molecule has 3 aliphatic rings. The quantitative estimate of drug-likeness (QED) is 0.581. The number of carbonyl (C=O) groups excluding carboxylic acids is 2.